The summed E-state index contributed by atoms with van der Waals surface area (Å²) in [6.45, 7) is 0. The summed E-state index contributed by atoms with van der Waals surface area (Å²) < 4.78 is 42.0. The summed E-state index contributed by atoms with van der Waals surface area (Å²) in [5, 5.41) is 9.01. The van der Waals surface area contributed by atoms with Gasteiger partial charge in [0.25, 0.3) is 0 Å². The van der Waals surface area contributed by atoms with Gasteiger partial charge < -0.3 is 9.84 Å². The topological polar surface area (TPSA) is 46.5 Å². The average Bonchev–Trinajstić information content (AvgIpc) is 2.25. The highest BCUT2D eigenvalue weighted by Gasteiger charge is 2.33. The molecule has 0 aliphatic carbocycles. The zero-order valence-corrected chi connectivity index (χ0v) is 8.78. The van der Waals surface area contributed by atoms with Crippen LogP contribution in [0.1, 0.15) is 11.1 Å². The normalized spacial score (nSPS) is 11.8. The number of benzene rings is 1. The first kappa shape index (κ1) is 13.1. The Balaban J connectivity index is 3.16. The van der Waals surface area contributed by atoms with E-state index in [4.69, 9.17) is 5.11 Å². The van der Waals surface area contributed by atoms with E-state index in [0.29, 0.717) is 6.07 Å². The van der Waals surface area contributed by atoms with Gasteiger partial charge in [-0.3, -0.25) is 0 Å². The highest BCUT2D eigenvalue weighted by Crippen LogP contribution is 2.34. The molecule has 0 fully saturated rings. The molecule has 0 unspecified atom stereocenters. The molecule has 0 aromatic heterocycles. The molecule has 1 rings (SSSR count). The van der Waals surface area contributed by atoms with Gasteiger partial charge in [-0.05, 0) is 23.8 Å². The van der Waals surface area contributed by atoms with Gasteiger partial charge in [0.05, 0.1) is 12.7 Å². The molecule has 0 radical (unpaired) electrons. The lowest BCUT2D eigenvalue weighted by atomic mass is 10.1. The third kappa shape index (κ3) is 3.51. The molecule has 0 saturated heterocycles. The van der Waals surface area contributed by atoms with Crippen molar-refractivity contribution < 1.29 is 27.8 Å². The standard InChI is InChI=1S/C11H9F3O3/c1-17-10(16)5-3-7-2-4-8(15)6-9(7)11(12,13)14/h2-6,15H,1H3. The molecule has 1 aromatic carbocycles. The van der Waals surface area contributed by atoms with E-state index in [9.17, 15) is 18.0 Å². The van der Waals surface area contributed by atoms with Crippen LogP contribution < -0.4 is 0 Å². The van der Waals surface area contributed by atoms with Crippen LogP contribution in [0.25, 0.3) is 6.08 Å². The summed E-state index contributed by atoms with van der Waals surface area (Å²) >= 11 is 0. The van der Waals surface area contributed by atoms with Crippen LogP contribution in [0, 0.1) is 0 Å². The SMILES string of the molecule is COC(=O)C=Cc1ccc(O)cc1C(F)(F)F. The number of rotatable bonds is 2. The fourth-order valence-corrected chi connectivity index (χ4v) is 1.16. The summed E-state index contributed by atoms with van der Waals surface area (Å²) in [6.07, 6.45) is -2.75. The van der Waals surface area contributed by atoms with Crippen LogP contribution >= 0.6 is 0 Å². The van der Waals surface area contributed by atoms with Crippen LogP contribution in [-0.2, 0) is 15.7 Å². The Hall–Kier alpha value is -1.98. The number of ether oxygens (including phenoxy) is 1. The number of hydrogen-bond donors (Lipinski definition) is 1. The zero-order chi connectivity index (χ0) is 13.1. The van der Waals surface area contributed by atoms with E-state index in [1.54, 1.807) is 0 Å². The van der Waals surface area contributed by atoms with Gasteiger partial charge in [-0.15, -0.1) is 0 Å². The summed E-state index contributed by atoms with van der Waals surface area (Å²) in [5.74, 6) is -1.25. The van der Waals surface area contributed by atoms with Crippen molar-refractivity contribution in [3.8, 4) is 5.75 Å². The van der Waals surface area contributed by atoms with Gasteiger partial charge in [-0.1, -0.05) is 6.07 Å². The molecule has 0 aliphatic rings. The maximum Gasteiger partial charge on any atom is 0.417 e. The first-order valence-electron chi connectivity index (χ1n) is 4.51. The predicted molar refractivity (Wildman–Crippen MR) is 54.2 cm³/mol. The Labute approximate surface area is 95.1 Å². The predicted octanol–water partition coefficient (Wildman–Crippen LogP) is 2.60. The lowest BCUT2D eigenvalue weighted by Crippen LogP contribution is -2.07. The second-order valence-electron chi connectivity index (χ2n) is 3.13. The van der Waals surface area contributed by atoms with Gasteiger partial charge in [0, 0.05) is 6.08 Å². The van der Waals surface area contributed by atoms with E-state index in [-0.39, 0.29) is 5.56 Å². The third-order valence-electron chi connectivity index (χ3n) is 1.94. The molecule has 0 bridgehead atoms. The number of phenolic OH excluding ortho intramolecular Hbond substituents is 1. The highest BCUT2D eigenvalue weighted by molar-refractivity contribution is 5.87. The quantitative estimate of drug-likeness (QED) is 0.644. The molecule has 1 aromatic rings. The van der Waals surface area contributed by atoms with E-state index in [2.05, 4.69) is 4.74 Å². The van der Waals surface area contributed by atoms with Crippen molar-refractivity contribution in [2.24, 2.45) is 0 Å². The molecule has 92 valence electrons. The molecular formula is C11H9F3O3. The van der Waals surface area contributed by atoms with Crippen molar-refractivity contribution in [3.63, 3.8) is 0 Å². The first-order chi connectivity index (χ1) is 7.84. The van der Waals surface area contributed by atoms with E-state index < -0.39 is 23.5 Å². The van der Waals surface area contributed by atoms with Crippen molar-refractivity contribution in [2.75, 3.05) is 7.11 Å². The van der Waals surface area contributed by atoms with Crippen LogP contribution in [0.3, 0.4) is 0 Å². The number of carbonyl (C=O) groups excluding carboxylic acids is 1. The van der Waals surface area contributed by atoms with Crippen LogP contribution in [0.5, 0.6) is 5.75 Å². The maximum absolute atomic E-state index is 12.6. The molecule has 0 heterocycles. The number of phenols is 1. The van der Waals surface area contributed by atoms with Gasteiger partial charge in [0.2, 0.25) is 0 Å². The molecule has 1 N–H and O–H groups in total. The minimum absolute atomic E-state index is 0.222. The van der Waals surface area contributed by atoms with Gasteiger partial charge >= 0.3 is 12.1 Å². The van der Waals surface area contributed by atoms with Gasteiger partial charge in [0.15, 0.2) is 0 Å². The number of aromatic hydroxyl groups is 1. The molecule has 17 heavy (non-hydrogen) atoms. The monoisotopic (exact) mass is 246 g/mol. The Morgan fingerprint density at radius 3 is 2.59 bits per heavy atom. The first-order valence-corrected chi connectivity index (χ1v) is 4.51. The minimum Gasteiger partial charge on any atom is -0.508 e. The van der Waals surface area contributed by atoms with Crippen molar-refractivity contribution in [2.45, 2.75) is 6.18 Å². The molecule has 6 heteroatoms. The van der Waals surface area contributed by atoms with E-state index in [0.717, 1.165) is 31.4 Å². The van der Waals surface area contributed by atoms with Crippen molar-refractivity contribution in [3.05, 3.63) is 35.4 Å². The smallest absolute Gasteiger partial charge is 0.417 e. The Morgan fingerprint density at radius 2 is 2.06 bits per heavy atom. The van der Waals surface area contributed by atoms with Crippen molar-refractivity contribution in [1.29, 1.82) is 0 Å². The molecule has 0 saturated carbocycles. The number of halogens is 3. The van der Waals surface area contributed by atoms with Crippen molar-refractivity contribution in [1.82, 2.24) is 0 Å². The van der Waals surface area contributed by atoms with Gasteiger partial charge in [0.1, 0.15) is 5.75 Å². The minimum atomic E-state index is -4.60. The Kier molecular flexibility index (Phi) is 3.77. The van der Waals surface area contributed by atoms with E-state index >= 15 is 0 Å². The van der Waals surface area contributed by atoms with Crippen molar-refractivity contribution >= 4 is 12.0 Å². The zero-order valence-electron chi connectivity index (χ0n) is 8.78. The van der Waals surface area contributed by atoms with Gasteiger partial charge in [-0.25, -0.2) is 4.79 Å². The van der Waals surface area contributed by atoms with Crippen LogP contribution in [0.2, 0.25) is 0 Å². The molecular weight excluding hydrogens is 237 g/mol. The fourth-order valence-electron chi connectivity index (χ4n) is 1.16. The van der Waals surface area contributed by atoms with Crippen LogP contribution in [-0.4, -0.2) is 18.2 Å². The number of methoxy groups -OCH3 is 1. The second kappa shape index (κ2) is 4.90. The number of esters is 1. The third-order valence-corrected chi connectivity index (χ3v) is 1.94. The molecule has 0 amide bonds. The summed E-state index contributed by atoms with van der Waals surface area (Å²) in [7, 11) is 1.12. The number of alkyl halides is 3. The lowest BCUT2D eigenvalue weighted by Gasteiger charge is -2.10. The molecule has 0 atom stereocenters. The Morgan fingerprint density at radius 1 is 1.41 bits per heavy atom. The van der Waals surface area contributed by atoms with E-state index in [1.807, 2.05) is 0 Å². The lowest BCUT2D eigenvalue weighted by molar-refractivity contribution is -0.138. The summed E-state index contributed by atoms with van der Waals surface area (Å²) in [4.78, 5) is 10.8. The number of hydrogen-bond acceptors (Lipinski definition) is 3. The fraction of sp³-hybridized carbons (Fsp3) is 0.182. The average molecular weight is 246 g/mol. The summed E-state index contributed by atoms with van der Waals surface area (Å²) in [5.41, 5.74) is -1.24. The summed E-state index contributed by atoms with van der Waals surface area (Å²) in [6, 6.07) is 2.76. The van der Waals surface area contributed by atoms with Crippen LogP contribution in [0.15, 0.2) is 24.3 Å². The highest BCUT2D eigenvalue weighted by atomic mass is 19.4. The van der Waals surface area contributed by atoms with E-state index in [1.165, 1.54) is 0 Å². The maximum atomic E-state index is 12.6. The Bertz CT molecular complexity index is 450. The van der Waals surface area contributed by atoms with Gasteiger partial charge in [-0.2, -0.15) is 13.2 Å². The largest absolute Gasteiger partial charge is 0.508 e. The number of carbonyl (C=O) groups is 1. The molecule has 0 aliphatic heterocycles. The van der Waals surface area contributed by atoms with Crippen LogP contribution in [0.4, 0.5) is 13.2 Å². The molecule has 3 nitrogen and oxygen atoms in total. The second-order valence-corrected chi connectivity index (χ2v) is 3.13. The molecule has 0 spiro atoms.